The van der Waals surface area contributed by atoms with E-state index in [1.165, 1.54) is 0 Å². The van der Waals surface area contributed by atoms with Crippen molar-refractivity contribution in [3.05, 3.63) is 0 Å². The first-order chi connectivity index (χ1) is 4.33. The fourth-order valence-corrected chi connectivity index (χ4v) is 1.35. The maximum atomic E-state index is 5.41. The van der Waals surface area contributed by atoms with E-state index in [-0.39, 0.29) is 0 Å². The highest BCUT2D eigenvalue weighted by Gasteiger charge is 2.15. The summed E-state index contributed by atoms with van der Waals surface area (Å²) in [7, 11) is 2.12. The van der Waals surface area contributed by atoms with E-state index in [9.17, 15) is 0 Å². The van der Waals surface area contributed by atoms with Crippen LogP contribution in [0.15, 0.2) is 0 Å². The van der Waals surface area contributed by atoms with Gasteiger partial charge < -0.3 is 9.64 Å². The molecule has 0 aromatic rings. The molecule has 1 rings (SSSR count). The molecule has 0 radical (unpaired) electrons. The van der Waals surface area contributed by atoms with Crippen molar-refractivity contribution in [1.82, 2.24) is 4.90 Å². The Morgan fingerprint density at radius 1 is 1.78 bits per heavy atom. The summed E-state index contributed by atoms with van der Waals surface area (Å²) in [6.45, 7) is 3.02. The first kappa shape index (κ1) is 7.51. The molecule has 0 saturated carbocycles. The fourth-order valence-electron chi connectivity index (χ4n) is 0.960. The number of likely N-dealkylation sites (N-methyl/N-ethyl adjacent to an activating group) is 1. The van der Waals surface area contributed by atoms with E-state index in [1.54, 1.807) is 0 Å². The van der Waals surface area contributed by atoms with Crippen LogP contribution in [0.5, 0.6) is 0 Å². The summed E-state index contributed by atoms with van der Waals surface area (Å²) in [5.41, 5.74) is 0. The quantitative estimate of drug-likeness (QED) is 0.570. The second-order valence-electron chi connectivity index (χ2n) is 2.41. The lowest BCUT2D eigenvalue weighted by Gasteiger charge is -2.28. The highest BCUT2D eigenvalue weighted by Crippen LogP contribution is 2.04. The molecule has 0 aromatic carbocycles. The van der Waals surface area contributed by atoms with Crippen LogP contribution in [0.4, 0.5) is 0 Å². The van der Waals surface area contributed by atoms with Gasteiger partial charge in [0.1, 0.15) is 0 Å². The number of rotatable bonds is 1. The molecule has 3 heteroatoms. The van der Waals surface area contributed by atoms with Crippen LogP contribution in [0, 0.1) is 0 Å². The molecule has 1 fully saturated rings. The van der Waals surface area contributed by atoms with Crippen LogP contribution in [-0.4, -0.2) is 43.1 Å². The molecule has 1 unspecified atom stereocenters. The number of halogens is 1. The molecule has 54 valence electrons. The largest absolute Gasteiger partial charge is 0.375 e. The monoisotopic (exact) mass is 193 g/mol. The number of nitrogens with zero attached hydrogens (tertiary/aromatic N) is 1. The lowest BCUT2D eigenvalue weighted by atomic mass is 10.3. The predicted molar refractivity (Wildman–Crippen MR) is 41.0 cm³/mol. The number of hydrogen-bond donors (Lipinski definition) is 0. The molecule has 2 nitrogen and oxygen atoms in total. The summed E-state index contributed by atoms with van der Waals surface area (Å²) < 4.78 is 5.41. The molecule has 0 bridgehead atoms. The highest BCUT2D eigenvalue weighted by atomic mass is 79.9. The van der Waals surface area contributed by atoms with Crippen LogP contribution < -0.4 is 0 Å². The van der Waals surface area contributed by atoms with Gasteiger partial charge >= 0.3 is 0 Å². The average Bonchev–Trinajstić information content (AvgIpc) is 1.88. The Kier molecular flexibility index (Phi) is 2.95. The van der Waals surface area contributed by atoms with Gasteiger partial charge in [-0.25, -0.2) is 0 Å². The molecule has 1 atom stereocenters. The van der Waals surface area contributed by atoms with Crippen LogP contribution in [0.25, 0.3) is 0 Å². The molecule has 0 spiro atoms. The van der Waals surface area contributed by atoms with Crippen molar-refractivity contribution in [3.63, 3.8) is 0 Å². The lowest BCUT2D eigenvalue weighted by Crippen LogP contribution is -2.40. The average molecular weight is 194 g/mol. The van der Waals surface area contributed by atoms with Crippen LogP contribution in [0.1, 0.15) is 0 Å². The van der Waals surface area contributed by atoms with E-state index in [4.69, 9.17) is 4.74 Å². The lowest BCUT2D eigenvalue weighted by molar-refractivity contribution is -0.00535. The van der Waals surface area contributed by atoms with Gasteiger partial charge in [0.05, 0.1) is 12.7 Å². The zero-order chi connectivity index (χ0) is 6.69. The minimum Gasteiger partial charge on any atom is -0.375 e. The third-order valence-corrected chi connectivity index (χ3v) is 2.24. The second kappa shape index (κ2) is 3.54. The van der Waals surface area contributed by atoms with Crippen molar-refractivity contribution >= 4 is 15.9 Å². The number of morpholine rings is 1. The van der Waals surface area contributed by atoms with Crippen molar-refractivity contribution in [2.24, 2.45) is 0 Å². The molecule has 0 aromatic heterocycles. The van der Waals surface area contributed by atoms with Gasteiger partial charge in [-0.05, 0) is 7.05 Å². The molecule has 0 aliphatic carbocycles. The third kappa shape index (κ3) is 2.24. The number of hydrogen-bond acceptors (Lipinski definition) is 2. The van der Waals surface area contributed by atoms with Gasteiger partial charge in [-0.3, -0.25) is 0 Å². The Morgan fingerprint density at radius 2 is 2.56 bits per heavy atom. The summed E-state index contributed by atoms with van der Waals surface area (Å²) in [6, 6.07) is 0. The summed E-state index contributed by atoms with van der Waals surface area (Å²) in [5, 5.41) is 0.956. The molecule has 1 aliphatic heterocycles. The topological polar surface area (TPSA) is 12.5 Å². The standard InChI is InChI=1S/C6H12BrNO/c1-8-2-3-9-6(4-7)5-8/h6H,2-5H2,1H3. The Hall–Kier alpha value is 0.400. The van der Waals surface area contributed by atoms with Crippen LogP contribution in [-0.2, 0) is 4.74 Å². The van der Waals surface area contributed by atoms with Crippen LogP contribution in [0.2, 0.25) is 0 Å². The van der Waals surface area contributed by atoms with Crippen LogP contribution in [0.3, 0.4) is 0 Å². The van der Waals surface area contributed by atoms with E-state index in [1.807, 2.05) is 0 Å². The van der Waals surface area contributed by atoms with Gasteiger partial charge in [-0.2, -0.15) is 0 Å². The van der Waals surface area contributed by atoms with E-state index in [0.717, 1.165) is 25.0 Å². The summed E-state index contributed by atoms with van der Waals surface area (Å²) in [5.74, 6) is 0. The predicted octanol–water partition coefficient (Wildman–Crippen LogP) is 0.712. The fraction of sp³-hybridized carbons (Fsp3) is 1.00. The van der Waals surface area contributed by atoms with Gasteiger partial charge in [-0.1, -0.05) is 15.9 Å². The van der Waals surface area contributed by atoms with Crippen LogP contribution >= 0.6 is 15.9 Å². The summed E-state index contributed by atoms with van der Waals surface area (Å²) >= 11 is 3.39. The molecule has 1 heterocycles. The van der Waals surface area contributed by atoms with Gasteiger partial charge in [-0.15, -0.1) is 0 Å². The minimum atomic E-state index is 0.406. The zero-order valence-electron chi connectivity index (χ0n) is 5.64. The number of ether oxygens (including phenoxy) is 1. The van der Waals surface area contributed by atoms with Crippen molar-refractivity contribution in [1.29, 1.82) is 0 Å². The van der Waals surface area contributed by atoms with Crippen molar-refractivity contribution in [3.8, 4) is 0 Å². The van der Waals surface area contributed by atoms with E-state index >= 15 is 0 Å². The molecule has 1 saturated heterocycles. The highest BCUT2D eigenvalue weighted by molar-refractivity contribution is 9.09. The Bertz CT molecular complexity index is 89.1. The third-order valence-electron chi connectivity index (χ3n) is 1.51. The van der Waals surface area contributed by atoms with E-state index in [2.05, 4.69) is 27.9 Å². The molecule has 9 heavy (non-hydrogen) atoms. The Morgan fingerprint density at radius 3 is 3.00 bits per heavy atom. The van der Waals surface area contributed by atoms with E-state index in [0.29, 0.717) is 6.10 Å². The van der Waals surface area contributed by atoms with Crippen molar-refractivity contribution in [2.45, 2.75) is 6.10 Å². The molecular formula is C6H12BrNO. The first-order valence-electron chi connectivity index (χ1n) is 3.19. The van der Waals surface area contributed by atoms with Gasteiger partial charge in [0.25, 0.3) is 0 Å². The Balaban J connectivity index is 2.23. The first-order valence-corrected chi connectivity index (χ1v) is 4.31. The van der Waals surface area contributed by atoms with Crippen molar-refractivity contribution in [2.75, 3.05) is 32.1 Å². The Labute approximate surface area is 64.3 Å². The summed E-state index contributed by atoms with van der Waals surface area (Å²) in [6.07, 6.45) is 0.406. The second-order valence-corrected chi connectivity index (χ2v) is 3.06. The number of alkyl halides is 1. The smallest absolute Gasteiger partial charge is 0.0799 e. The maximum Gasteiger partial charge on any atom is 0.0799 e. The van der Waals surface area contributed by atoms with Gasteiger partial charge in [0.15, 0.2) is 0 Å². The molecule has 0 amide bonds. The van der Waals surface area contributed by atoms with Gasteiger partial charge in [0, 0.05) is 18.4 Å². The summed E-state index contributed by atoms with van der Waals surface area (Å²) in [4.78, 5) is 2.29. The maximum absolute atomic E-state index is 5.41. The minimum absolute atomic E-state index is 0.406. The SMILES string of the molecule is CN1CCOC(CBr)C1. The van der Waals surface area contributed by atoms with E-state index < -0.39 is 0 Å². The molecular weight excluding hydrogens is 182 g/mol. The van der Waals surface area contributed by atoms with Gasteiger partial charge in [0.2, 0.25) is 0 Å². The normalized spacial score (nSPS) is 30.7. The zero-order valence-corrected chi connectivity index (χ0v) is 7.23. The molecule has 1 aliphatic rings. The van der Waals surface area contributed by atoms with Crippen molar-refractivity contribution < 1.29 is 4.74 Å². The molecule has 0 N–H and O–H groups in total.